The van der Waals surface area contributed by atoms with Crippen LogP contribution in [-0.4, -0.2) is 15.5 Å². The van der Waals surface area contributed by atoms with Gasteiger partial charge in [-0.3, -0.25) is 4.79 Å². The van der Waals surface area contributed by atoms with E-state index in [0.29, 0.717) is 6.42 Å². The van der Waals surface area contributed by atoms with Crippen molar-refractivity contribution in [1.82, 2.24) is 9.55 Å². The number of hydrogen-bond donors (Lipinski definition) is 2. The average molecular weight is 274 g/mol. The Hall–Kier alpha value is -1.95. The summed E-state index contributed by atoms with van der Waals surface area (Å²) in [5.41, 5.74) is 8.76. The number of benzene rings is 1. The largest absolute Gasteiger partial charge is 0.398 e. The molecule has 19 heavy (non-hydrogen) atoms. The second kappa shape index (κ2) is 4.62. The van der Waals surface area contributed by atoms with Gasteiger partial charge < -0.3 is 15.6 Å². The lowest BCUT2D eigenvalue weighted by molar-refractivity contribution is -0.116. The van der Waals surface area contributed by atoms with E-state index < -0.39 is 0 Å². The van der Waals surface area contributed by atoms with Gasteiger partial charge in [-0.25, -0.2) is 4.98 Å². The minimum atomic E-state index is 0.0604. The second-order valence-corrected chi connectivity index (χ2v) is 5.53. The van der Waals surface area contributed by atoms with Crippen molar-refractivity contribution in [3.8, 4) is 0 Å². The van der Waals surface area contributed by atoms with Crippen LogP contribution in [0, 0.1) is 0 Å². The highest BCUT2D eigenvalue weighted by Crippen LogP contribution is 2.36. The molecule has 0 saturated carbocycles. The fourth-order valence-corrected chi connectivity index (χ4v) is 2.93. The number of rotatable bonds is 2. The third-order valence-corrected chi connectivity index (χ3v) is 4.26. The number of aryl methyl sites for hydroxylation is 2. The summed E-state index contributed by atoms with van der Waals surface area (Å²) in [5.74, 6) is 0.0604. The minimum absolute atomic E-state index is 0.0604. The number of nitrogens with zero attached hydrogens (tertiary/aromatic N) is 2. The molecule has 0 spiro atoms. The summed E-state index contributed by atoms with van der Waals surface area (Å²) in [6.07, 6.45) is 4.91. The maximum Gasteiger partial charge on any atom is 0.224 e. The summed E-state index contributed by atoms with van der Waals surface area (Å²) in [7, 11) is 1.94. The van der Waals surface area contributed by atoms with Crippen LogP contribution in [0.5, 0.6) is 0 Å². The van der Waals surface area contributed by atoms with Gasteiger partial charge in [0, 0.05) is 42.1 Å². The van der Waals surface area contributed by atoms with Crippen molar-refractivity contribution in [2.75, 3.05) is 11.1 Å². The van der Waals surface area contributed by atoms with Crippen molar-refractivity contribution in [2.45, 2.75) is 22.9 Å². The SMILES string of the molecule is Cn1ccnc1Sc1cc2c(cc1N)CCC(=O)N2. The number of nitrogens with one attached hydrogen (secondary N) is 1. The Morgan fingerprint density at radius 1 is 1.42 bits per heavy atom. The first-order valence-corrected chi connectivity index (χ1v) is 6.82. The summed E-state index contributed by atoms with van der Waals surface area (Å²) >= 11 is 1.50. The van der Waals surface area contributed by atoms with Crippen LogP contribution in [0.4, 0.5) is 11.4 Å². The Morgan fingerprint density at radius 2 is 2.26 bits per heavy atom. The monoisotopic (exact) mass is 274 g/mol. The lowest BCUT2D eigenvalue weighted by atomic mass is 10.0. The van der Waals surface area contributed by atoms with Gasteiger partial charge in [-0.2, -0.15) is 0 Å². The maximum absolute atomic E-state index is 11.4. The minimum Gasteiger partial charge on any atom is -0.398 e. The summed E-state index contributed by atoms with van der Waals surface area (Å²) in [6, 6.07) is 3.88. The highest BCUT2D eigenvalue weighted by atomic mass is 32.2. The molecule has 0 atom stereocenters. The van der Waals surface area contributed by atoms with Gasteiger partial charge in [0.2, 0.25) is 5.91 Å². The lowest BCUT2D eigenvalue weighted by Crippen LogP contribution is -2.19. The molecule has 0 radical (unpaired) electrons. The number of nitrogens with two attached hydrogens (primary N) is 1. The number of carbonyl (C=O) groups excluding carboxylic acids is 1. The van der Waals surface area contributed by atoms with Gasteiger partial charge in [-0.1, -0.05) is 0 Å². The Kier molecular flexibility index (Phi) is 2.94. The van der Waals surface area contributed by atoms with Crippen LogP contribution in [-0.2, 0) is 18.3 Å². The molecule has 1 aromatic carbocycles. The van der Waals surface area contributed by atoms with Crippen LogP contribution in [0.3, 0.4) is 0 Å². The predicted molar refractivity (Wildman–Crippen MR) is 75.1 cm³/mol. The van der Waals surface area contributed by atoms with Gasteiger partial charge in [0.1, 0.15) is 0 Å². The van der Waals surface area contributed by atoms with E-state index in [1.54, 1.807) is 6.20 Å². The van der Waals surface area contributed by atoms with E-state index >= 15 is 0 Å². The third kappa shape index (κ3) is 2.31. The molecule has 0 fully saturated rings. The van der Waals surface area contributed by atoms with Crippen LogP contribution < -0.4 is 11.1 Å². The van der Waals surface area contributed by atoms with Crippen molar-refractivity contribution in [3.63, 3.8) is 0 Å². The van der Waals surface area contributed by atoms with Crippen molar-refractivity contribution < 1.29 is 4.79 Å². The molecule has 6 heteroatoms. The van der Waals surface area contributed by atoms with E-state index in [0.717, 1.165) is 33.4 Å². The Bertz CT molecular complexity index is 650. The van der Waals surface area contributed by atoms with E-state index in [2.05, 4.69) is 10.3 Å². The van der Waals surface area contributed by atoms with Gasteiger partial charge in [0.15, 0.2) is 5.16 Å². The zero-order valence-electron chi connectivity index (χ0n) is 10.5. The van der Waals surface area contributed by atoms with Gasteiger partial charge in [-0.05, 0) is 35.9 Å². The highest BCUT2D eigenvalue weighted by Gasteiger charge is 2.17. The van der Waals surface area contributed by atoms with Crippen molar-refractivity contribution >= 4 is 29.0 Å². The molecule has 1 amide bonds. The molecule has 0 saturated heterocycles. The van der Waals surface area contributed by atoms with Crippen molar-refractivity contribution in [1.29, 1.82) is 0 Å². The molecule has 0 bridgehead atoms. The summed E-state index contributed by atoms with van der Waals surface area (Å²) in [4.78, 5) is 16.6. The number of imidazole rings is 1. The molecule has 1 aliphatic heterocycles. The fourth-order valence-electron chi connectivity index (χ4n) is 2.06. The second-order valence-electron chi connectivity index (χ2n) is 4.52. The average Bonchev–Trinajstić information content (AvgIpc) is 2.77. The van der Waals surface area contributed by atoms with Crippen LogP contribution in [0.1, 0.15) is 12.0 Å². The molecule has 0 unspecified atom stereocenters. The van der Waals surface area contributed by atoms with Crippen LogP contribution in [0.15, 0.2) is 34.6 Å². The van der Waals surface area contributed by atoms with E-state index in [1.165, 1.54) is 11.8 Å². The molecule has 0 aliphatic carbocycles. The van der Waals surface area contributed by atoms with Gasteiger partial charge in [0.25, 0.3) is 0 Å². The number of amides is 1. The van der Waals surface area contributed by atoms with Gasteiger partial charge in [0.05, 0.1) is 0 Å². The van der Waals surface area contributed by atoms with Crippen molar-refractivity contribution in [2.24, 2.45) is 7.05 Å². The fraction of sp³-hybridized carbons (Fsp3) is 0.231. The Morgan fingerprint density at radius 3 is 3.00 bits per heavy atom. The van der Waals surface area contributed by atoms with E-state index in [9.17, 15) is 4.79 Å². The Balaban J connectivity index is 1.96. The first-order chi connectivity index (χ1) is 9.13. The van der Waals surface area contributed by atoms with E-state index in [4.69, 9.17) is 5.73 Å². The van der Waals surface area contributed by atoms with E-state index in [1.807, 2.05) is 29.9 Å². The molecular formula is C13H14N4OS. The normalized spacial score (nSPS) is 14.1. The number of nitrogen functional groups attached to an aromatic ring is 1. The van der Waals surface area contributed by atoms with E-state index in [-0.39, 0.29) is 5.91 Å². The third-order valence-electron chi connectivity index (χ3n) is 3.11. The standard InChI is InChI=1S/C13H14N4OS/c1-17-5-4-15-13(17)19-11-7-10-8(6-9(11)14)2-3-12(18)16-10/h4-7H,2-3,14H2,1H3,(H,16,18). The van der Waals surface area contributed by atoms with Crippen LogP contribution in [0.2, 0.25) is 0 Å². The van der Waals surface area contributed by atoms with Crippen molar-refractivity contribution in [3.05, 3.63) is 30.1 Å². The molecule has 2 aromatic rings. The molecule has 2 heterocycles. The number of fused-ring (bicyclic) bond motifs is 1. The first-order valence-electron chi connectivity index (χ1n) is 6.01. The Labute approximate surface area is 115 Å². The van der Waals surface area contributed by atoms with Gasteiger partial charge >= 0.3 is 0 Å². The summed E-state index contributed by atoms with van der Waals surface area (Å²) < 4.78 is 1.93. The molecule has 1 aliphatic rings. The van der Waals surface area contributed by atoms with Gasteiger partial charge in [-0.15, -0.1) is 0 Å². The predicted octanol–water partition coefficient (Wildman–Crippen LogP) is 2.04. The van der Waals surface area contributed by atoms with Crippen LogP contribution >= 0.6 is 11.8 Å². The number of aromatic nitrogens is 2. The molecule has 98 valence electrons. The quantitative estimate of drug-likeness (QED) is 0.822. The molecule has 3 N–H and O–H groups in total. The molecular weight excluding hydrogens is 260 g/mol. The number of hydrogen-bond acceptors (Lipinski definition) is 4. The number of carbonyl (C=O) groups is 1. The molecule has 5 nitrogen and oxygen atoms in total. The number of anilines is 2. The zero-order chi connectivity index (χ0) is 13.4. The summed E-state index contributed by atoms with van der Waals surface area (Å²) in [6.45, 7) is 0. The topological polar surface area (TPSA) is 72.9 Å². The molecule has 3 rings (SSSR count). The lowest BCUT2D eigenvalue weighted by Gasteiger charge is -2.18. The highest BCUT2D eigenvalue weighted by molar-refractivity contribution is 7.99. The maximum atomic E-state index is 11.4. The zero-order valence-corrected chi connectivity index (χ0v) is 11.3. The molecule has 1 aromatic heterocycles. The van der Waals surface area contributed by atoms with Crippen LogP contribution in [0.25, 0.3) is 0 Å². The smallest absolute Gasteiger partial charge is 0.224 e. The summed E-state index contributed by atoms with van der Waals surface area (Å²) in [5, 5.41) is 3.76. The first kappa shape index (κ1) is 12.1.